The molecule has 3 aromatic rings. The summed E-state index contributed by atoms with van der Waals surface area (Å²) in [5.74, 6) is -0.401. The van der Waals surface area contributed by atoms with Crippen LogP contribution in [0.4, 0.5) is 23.7 Å². The number of alkyl halides is 3. The number of alkyl carbamates (subject to hydrolysis) is 1. The second kappa shape index (κ2) is 8.63. The Morgan fingerprint density at radius 1 is 1.07 bits per heavy atom. The highest BCUT2D eigenvalue weighted by Gasteiger charge is 2.29. The van der Waals surface area contributed by atoms with E-state index >= 15 is 0 Å². The molecule has 10 heteroatoms. The topological polar surface area (TPSA) is 85.3 Å². The molecule has 3 rings (SSSR count). The van der Waals surface area contributed by atoms with Gasteiger partial charge in [-0.3, -0.25) is 9.36 Å². The summed E-state index contributed by atoms with van der Waals surface area (Å²) in [4.78, 5) is 27.3. The predicted octanol–water partition coefficient (Wildman–Crippen LogP) is 3.64. The maximum atomic E-state index is 11.9. The highest BCUT2D eigenvalue weighted by atomic mass is 19.4. The number of ether oxygens (including phenoxy) is 1. The van der Waals surface area contributed by atoms with E-state index in [9.17, 15) is 22.8 Å². The van der Waals surface area contributed by atoms with Gasteiger partial charge in [-0.05, 0) is 36.4 Å². The Morgan fingerprint density at radius 3 is 2.52 bits per heavy atom. The Labute approximate surface area is 163 Å². The number of carbonyl (C=O) groups excluding carboxylic acids is 2. The number of benzene rings is 2. The van der Waals surface area contributed by atoms with E-state index in [4.69, 9.17) is 0 Å². The third-order valence-corrected chi connectivity index (χ3v) is 3.87. The molecule has 0 aliphatic rings. The molecule has 0 fully saturated rings. The highest BCUT2D eigenvalue weighted by Crippen LogP contribution is 2.19. The lowest BCUT2D eigenvalue weighted by atomic mass is 10.2. The summed E-state index contributed by atoms with van der Waals surface area (Å²) >= 11 is 0. The van der Waals surface area contributed by atoms with Crippen LogP contribution >= 0.6 is 0 Å². The zero-order valence-corrected chi connectivity index (χ0v) is 15.1. The van der Waals surface area contributed by atoms with Gasteiger partial charge in [0.25, 0.3) is 0 Å². The first kappa shape index (κ1) is 20.2. The molecule has 1 heterocycles. The van der Waals surface area contributed by atoms with Gasteiger partial charge in [-0.25, -0.2) is 9.78 Å². The number of amides is 2. The van der Waals surface area contributed by atoms with Crippen LogP contribution in [-0.2, 0) is 9.53 Å². The summed E-state index contributed by atoms with van der Waals surface area (Å²) in [6.45, 7) is -1.83. The summed E-state index contributed by atoms with van der Waals surface area (Å²) in [5, 5.41) is 4.73. The van der Waals surface area contributed by atoms with Crippen molar-refractivity contribution in [3.8, 4) is 5.69 Å². The molecule has 152 valence electrons. The molecular formula is C19H17F3N4O3. The van der Waals surface area contributed by atoms with Crippen molar-refractivity contribution in [2.24, 2.45) is 0 Å². The van der Waals surface area contributed by atoms with E-state index in [0.29, 0.717) is 5.69 Å². The van der Waals surface area contributed by atoms with Crippen molar-refractivity contribution in [2.75, 3.05) is 18.5 Å². The molecule has 7 nitrogen and oxygen atoms in total. The molecule has 2 aromatic carbocycles. The largest absolute Gasteiger partial charge is 0.440 e. The van der Waals surface area contributed by atoms with Crippen molar-refractivity contribution in [1.82, 2.24) is 14.9 Å². The zero-order valence-electron chi connectivity index (χ0n) is 15.1. The standard InChI is InChI=1S/C19H17F3N4O3/c20-19(21,22)11-29-18(28)23-10-9-17(27)25-13-5-7-14(8-6-13)26-12-24-15-3-1-2-4-16(15)26/h1-8,12H,9-11H2,(H,23,28)(H,25,27). The minimum atomic E-state index is -4.59. The van der Waals surface area contributed by atoms with E-state index in [1.54, 1.807) is 18.5 Å². The number of nitrogens with zero attached hydrogens (tertiary/aromatic N) is 2. The van der Waals surface area contributed by atoms with Gasteiger partial charge in [-0.2, -0.15) is 13.2 Å². The number of hydrogen-bond donors (Lipinski definition) is 2. The van der Waals surface area contributed by atoms with Crippen LogP contribution in [0.5, 0.6) is 0 Å². The van der Waals surface area contributed by atoms with Gasteiger partial charge in [0.2, 0.25) is 5.91 Å². The molecule has 0 saturated heterocycles. The highest BCUT2D eigenvalue weighted by molar-refractivity contribution is 5.91. The Kier molecular flexibility index (Phi) is 6.01. The molecular weight excluding hydrogens is 389 g/mol. The van der Waals surface area contributed by atoms with E-state index in [2.05, 4.69) is 20.4 Å². The lowest BCUT2D eigenvalue weighted by molar-refractivity contribution is -0.160. The SMILES string of the molecule is O=C(CCNC(=O)OCC(F)(F)F)Nc1ccc(-n2cnc3ccccc32)cc1. The molecule has 0 saturated carbocycles. The summed E-state index contributed by atoms with van der Waals surface area (Å²) in [7, 11) is 0. The predicted molar refractivity (Wildman–Crippen MR) is 99.7 cm³/mol. The maximum Gasteiger partial charge on any atom is 0.422 e. The first-order chi connectivity index (χ1) is 13.8. The van der Waals surface area contributed by atoms with Crippen LogP contribution in [0.15, 0.2) is 54.9 Å². The zero-order chi connectivity index (χ0) is 20.9. The number of aromatic nitrogens is 2. The van der Waals surface area contributed by atoms with Gasteiger partial charge in [0.15, 0.2) is 6.61 Å². The van der Waals surface area contributed by atoms with E-state index < -0.39 is 24.8 Å². The van der Waals surface area contributed by atoms with Crippen LogP contribution in [-0.4, -0.2) is 40.9 Å². The van der Waals surface area contributed by atoms with Gasteiger partial charge in [-0.1, -0.05) is 12.1 Å². The fourth-order valence-corrected chi connectivity index (χ4v) is 2.57. The Balaban J connectivity index is 1.48. The van der Waals surface area contributed by atoms with Crippen LogP contribution in [0.25, 0.3) is 16.7 Å². The molecule has 0 spiro atoms. The minimum Gasteiger partial charge on any atom is -0.440 e. The number of nitrogens with one attached hydrogen (secondary N) is 2. The first-order valence-electron chi connectivity index (χ1n) is 8.61. The number of carbonyl (C=O) groups is 2. The first-order valence-corrected chi connectivity index (χ1v) is 8.61. The molecule has 2 N–H and O–H groups in total. The molecule has 29 heavy (non-hydrogen) atoms. The second-order valence-electron chi connectivity index (χ2n) is 6.07. The summed E-state index contributed by atoms with van der Waals surface area (Å²) < 4.78 is 41.7. The van der Waals surface area contributed by atoms with Crippen molar-refractivity contribution >= 4 is 28.7 Å². The molecule has 2 amide bonds. The number of hydrogen-bond acceptors (Lipinski definition) is 4. The van der Waals surface area contributed by atoms with Crippen LogP contribution in [0.1, 0.15) is 6.42 Å². The minimum absolute atomic E-state index is 0.116. The number of fused-ring (bicyclic) bond motifs is 1. The van der Waals surface area contributed by atoms with Gasteiger partial charge < -0.3 is 15.4 Å². The quantitative estimate of drug-likeness (QED) is 0.655. The number of anilines is 1. The van der Waals surface area contributed by atoms with E-state index in [1.165, 1.54) is 0 Å². The molecule has 0 aliphatic heterocycles. The Morgan fingerprint density at radius 2 is 1.79 bits per heavy atom. The average molecular weight is 406 g/mol. The molecule has 0 atom stereocenters. The fraction of sp³-hybridized carbons (Fsp3) is 0.211. The second-order valence-corrected chi connectivity index (χ2v) is 6.07. The number of para-hydroxylation sites is 2. The van der Waals surface area contributed by atoms with Crippen LogP contribution in [0.2, 0.25) is 0 Å². The smallest absolute Gasteiger partial charge is 0.422 e. The number of rotatable bonds is 6. The molecule has 1 aromatic heterocycles. The van der Waals surface area contributed by atoms with Crippen LogP contribution < -0.4 is 10.6 Å². The fourth-order valence-electron chi connectivity index (χ4n) is 2.57. The van der Waals surface area contributed by atoms with Gasteiger partial charge in [0.05, 0.1) is 11.0 Å². The van der Waals surface area contributed by atoms with E-state index in [-0.39, 0.29) is 13.0 Å². The maximum absolute atomic E-state index is 11.9. The van der Waals surface area contributed by atoms with Crippen LogP contribution in [0.3, 0.4) is 0 Å². The summed E-state index contributed by atoms with van der Waals surface area (Å²) in [6.07, 6.45) is -4.23. The number of imidazole rings is 1. The third kappa shape index (κ3) is 5.71. The lowest BCUT2D eigenvalue weighted by Gasteiger charge is -2.10. The molecule has 0 radical (unpaired) electrons. The molecule has 0 unspecified atom stereocenters. The van der Waals surface area contributed by atoms with Crippen molar-refractivity contribution in [3.63, 3.8) is 0 Å². The van der Waals surface area contributed by atoms with Gasteiger partial charge in [0.1, 0.15) is 6.33 Å². The average Bonchev–Trinajstić information content (AvgIpc) is 3.11. The number of halogens is 3. The summed E-state index contributed by atoms with van der Waals surface area (Å²) in [6, 6.07) is 14.7. The van der Waals surface area contributed by atoms with E-state index in [0.717, 1.165) is 16.7 Å². The normalized spacial score (nSPS) is 11.3. The monoisotopic (exact) mass is 406 g/mol. The van der Waals surface area contributed by atoms with Crippen molar-refractivity contribution < 1.29 is 27.5 Å². The Bertz CT molecular complexity index is 1000. The van der Waals surface area contributed by atoms with Crippen molar-refractivity contribution in [1.29, 1.82) is 0 Å². The van der Waals surface area contributed by atoms with E-state index in [1.807, 2.05) is 41.0 Å². The molecule has 0 bridgehead atoms. The van der Waals surface area contributed by atoms with Crippen molar-refractivity contribution in [2.45, 2.75) is 12.6 Å². The Hall–Kier alpha value is -3.56. The van der Waals surface area contributed by atoms with Gasteiger partial charge in [-0.15, -0.1) is 0 Å². The van der Waals surface area contributed by atoms with Gasteiger partial charge >= 0.3 is 12.3 Å². The van der Waals surface area contributed by atoms with Crippen molar-refractivity contribution in [3.05, 3.63) is 54.9 Å². The van der Waals surface area contributed by atoms with Crippen LogP contribution in [0, 0.1) is 0 Å². The summed E-state index contributed by atoms with van der Waals surface area (Å²) in [5.41, 5.74) is 3.23. The lowest BCUT2D eigenvalue weighted by Crippen LogP contribution is -2.31. The van der Waals surface area contributed by atoms with Gasteiger partial charge in [0, 0.05) is 24.3 Å². The molecule has 0 aliphatic carbocycles. The third-order valence-electron chi connectivity index (χ3n) is 3.87.